The van der Waals surface area contributed by atoms with Gasteiger partial charge in [-0.25, -0.2) is 0 Å². The van der Waals surface area contributed by atoms with E-state index in [9.17, 15) is 4.79 Å². The van der Waals surface area contributed by atoms with E-state index in [1.165, 1.54) is 0 Å². The van der Waals surface area contributed by atoms with E-state index in [1.54, 1.807) is 14.2 Å². The largest absolute Gasteiger partial charge is 0.354 e. The van der Waals surface area contributed by atoms with Gasteiger partial charge < -0.3 is 9.47 Å². The molecule has 0 spiro atoms. The second kappa shape index (κ2) is 4.36. The summed E-state index contributed by atoms with van der Waals surface area (Å²) < 4.78 is 10.6. The number of hydrogen-bond acceptors (Lipinski definition) is 3. The highest BCUT2D eigenvalue weighted by Crippen LogP contribution is 2.44. The molecule has 1 aromatic rings. The van der Waals surface area contributed by atoms with Crippen LogP contribution in [0.2, 0.25) is 0 Å². The third-order valence-electron chi connectivity index (χ3n) is 3.36. The lowest BCUT2D eigenvalue weighted by Gasteiger charge is -2.44. The van der Waals surface area contributed by atoms with E-state index in [-0.39, 0.29) is 5.78 Å². The van der Waals surface area contributed by atoms with Crippen molar-refractivity contribution in [3.63, 3.8) is 0 Å². The van der Waals surface area contributed by atoms with Gasteiger partial charge in [0.1, 0.15) is 11.2 Å². The van der Waals surface area contributed by atoms with Gasteiger partial charge in [0.2, 0.25) is 0 Å². The van der Waals surface area contributed by atoms with Crippen LogP contribution in [0.25, 0.3) is 0 Å². The van der Waals surface area contributed by atoms with Crippen LogP contribution < -0.4 is 0 Å². The Balaban J connectivity index is 2.41. The molecule has 1 atom stereocenters. The molecule has 0 heterocycles. The minimum atomic E-state index is -0.592. The van der Waals surface area contributed by atoms with Gasteiger partial charge in [-0.3, -0.25) is 4.79 Å². The number of ether oxygens (including phenoxy) is 2. The van der Waals surface area contributed by atoms with Crippen LogP contribution in [-0.4, -0.2) is 26.3 Å². The van der Waals surface area contributed by atoms with E-state index in [0.29, 0.717) is 6.42 Å². The van der Waals surface area contributed by atoms with Gasteiger partial charge in [0.25, 0.3) is 0 Å². The number of carbonyl (C=O) groups is 1. The van der Waals surface area contributed by atoms with Crippen molar-refractivity contribution in [3.8, 4) is 0 Å². The molecule has 1 aliphatic rings. The number of ketones is 1. The Morgan fingerprint density at radius 1 is 1.19 bits per heavy atom. The van der Waals surface area contributed by atoms with Crippen molar-refractivity contribution in [2.24, 2.45) is 0 Å². The second-order valence-corrected chi connectivity index (χ2v) is 4.06. The molecule has 3 nitrogen and oxygen atoms in total. The topological polar surface area (TPSA) is 35.5 Å². The molecule has 86 valence electrons. The molecule has 1 aliphatic carbocycles. The Kier molecular flexibility index (Phi) is 3.08. The summed E-state index contributed by atoms with van der Waals surface area (Å²) in [7, 11) is 3.15. The molecule has 1 unspecified atom stereocenters. The zero-order chi connectivity index (χ0) is 11.6. The smallest absolute Gasteiger partial charge is 0.173 e. The second-order valence-electron chi connectivity index (χ2n) is 4.06. The van der Waals surface area contributed by atoms with Crippen molar-refractivity contribution in [1.82, 2.24) is 0 Å². The molecular weight excluding hydrogens is 204 g/mol. The zero-order valence-electron chi connectivity index (χ0n) is 9.60. The maximum Gasteiger partial charge on any atom is 0.173 e. The van der Waals surface area contributed by atoms with Crippen LogP contribution >= 0.6 is 0 Å². The standard InChI is InChI=1S/C13H16O3/c1-15-12(16-2)13(9-8-11(13)14)10-6-4-3-5-7-10/h3-7,12H,8-9H2,1-2H3. The van der Waals surface area contributed by atoms with Gasteiger partial charge >= 0.3 is 0 Å². The molecule has 0 amide bonds. The minimum Gasteiger partial charge on any atom is -0.354 e. The highest BCUT2D eigenvalue weighted by Gasteiger charge is 2.54. The SMILES string of the molecule is COC(OC)C1(c2ccccc2)CCC1=O. The Hall–Kier alpha value is -1.19. The van der Waals surface area contributed by atoms with Crippen LogP contribution in [0.3, 0.4) is 0 Å². The first-order valence-corrected chi connectivity index (χ1v) is 5.40. The molecule has 0 aromatic heterocycles. The Morgan fingerprint density at radius 3 is 2.19 bits per heavy atom. The molecule has 0 saturated heterocycles. The number of Topliss-reactive ketones (excluding diaryl/α,β-unsaturated/α-hetero) is 1. The quantitative estimate of drug-likeness (QED) is 0.727. The molecule has 1 saturated carbocycles. The van der Waals surface area contributed by atoms with E-state index in [0.717, 1.165) is 12.0 Å². The zero-order valence-corrected chi connectivity index (χ0v) is 9.60. The maximum atomic E-state index is 12.0. The van der Waals surface area contributed by atoms with E-state index < -0.39 is 11.7 Å². The monoisotopic (exact) mass is 220 g/mol. The molecule has 0 N–H and O–H groups in total. The van der Waals surface area contributed by atoms with Gasteiger partial charge in [0.15, 0.2) is 6.29 Å². The summed E-state index contributed by atoms with van der Waals surface area (Å²) in [5, 5.41) is 0. The van der Waals surface area contributed by atoms with E-state index in [1.807, 2.05) is 30.3 Å². The third kappa shape index (κ3) is 1.47. The van der Waals surface area contributed by atoms with Gasteiger partial charge in [-0.05, 0) is 12.0 Å². The molecule has 3 heteroatoms. The van der Waals surface area contributed by atoms with Gasteiger partial charge in [-0.15, -0.1) is 0 Å². The van der Waals surface area contributed by atoms with Crippen LogP contribution in [-0.2, 0) is 19.7 Å². The van der Waals surface area contributed by atoms with Crippen LogP contribution in [0.5, 0.6) is 0 Å². The fourth-order valence-corrected chi connectivity index (χ4v) is 2.42. The molecule has 0 aliphatic heterocycles. The molecular formula is C13H16O3. The van der Waals surface area contributed by atoms with E-state index >= 15 is 0 Å². The van der Waals surface area contributed by atoms with Crippen LogP contribution in [0, 0.1) is 0 Å². The molecule has 0 radical (unpaired) electrons. The Labute approximate surface area is 95.4 Å². The van der Waals surface area contributed by atoms with Crippen LogP contribution in [0.15, 0.2) is 30.3 Å². The van der Waals surface area contributed by atoms with Gasteiger partial charge in [0, 0.05) is 20.6 Å². The maximum absolute atomic E-state index is 12.0. The van der Waals surface area contributed by atoms with E-state index in [4.69, 9.17) is 9.47 Å². The van der Waals surface area contributed by atoms with Crippen molar-refractivity contribution in [1.29, 1.82) is 0 Å². The summed E-state index contributed by atoms with van der Waals surface area (Å²) in [6.07, 6.45) is 0.913. The number of rotatable bonds is 4. The molecule has 1 fully saturated rings. The fraction of sp³-hybridized carbons (Fsp3) is 0.462. The van der Waals surface area contributed by atoms with Gasteiger partial charge in [-0.2, -0.15) is 0 Å². The summed E-state index contributed by atoms with van der Waals surface area (Å²) >= 11 is 0. The summed E-state index contributed by atoms with van der Waals surface area (Å²) in [6.45, 7) is 0. The average molecular weight is 220 g/mol. The summed E-state index contributed by atoms with van der Waals surface area (Å²) in [5.41, 5.74) is 0.394. The van der Waals surface area contributed by atoms with Crippen molar-refractivity contribution in [2.75, 3.05) is 14.2 Å². The van der Waals surface area contributed by atoms with Crippen molar-refractivity contribution in [3.05, 3.63) is 35.9 Å². The number of benzene rings is 1. The van der Waals surface area contributed by atoms with Gasteiger partial charge in [-0.1, -0.05) is 30.3 Å². The first-order valence-electron chi connectivity index (χ1n) is 5.40. The summed E-state index contributed by atoms with van der Waals surface area (Å²) in [4.78, 5) is 12.0. The molecule has 1 aromatic carbocycles. The number of carbonyl (C=O) groups excluding carboxylic acids is 1. The first-order chi connectivity index (χ1) is 7.75. The van der Waals surface area contributed by atoms with Crippen LogP contribution in [0.4, 0.5) is 0 Å². The Bertz CT molecular complexity index is 370. The van der Waals surface area contributed by atoms with Crippen molar-refractivity contribution in [2.45, 2.75) is 24.5 Å². The molecule has 0 bridgehead atoms. The third-order valence-corrected chi connectivity index (χ3v) is 3.36. The lowest BCUT2D eigenvalue weighted by Crippen LogP contribution is -2.55. The first kappa shape index (κ1) is 11.3. The Morgan fingerprint density at radius 2 is 1.81 bits per heavy atom. The summed E-state index contributed by atoms with van der Waals surface area (Å²) in [6, 6.07) is 9.73. The predicted molar refractivity (Wildman–Crippen MR) is 60.2 cm³/mol. The van der Waals surface area contributed by atoms with E-state index in [2.05, 4.69) is 0 Å². The fourth-order valence-electron chi connectivity index (χ4n) is 2.42. The lowest BCUT2D eigenvalue weighted by molar-refractivity contribution is -0.179. The van der Waals surface area contributed by atoms with Crippen molar-refractivity contribution >= 4 is 5.78 Å². The van der Waals surface area contributed by atoms with Crippen molar-refractivity contribution < 1.29 is 14.3 Å². The minimum absolute atomic E-state index is 0.201. The number of hydrogen-bond donors (Lipinski definition) is 0. The average Bonchev–Trinajstić information content (AvgIpc) is 2.34. The number of methoxy groups -OCH3 is 2. The normalized spacial score (nSPS) is 24.6. The molecule has 2 rings (SSSR count). The highest BCUT2D eigenvalue weighted by molar-refractivity contribution is 5.96. The predicted octanol–water partition coefficient (Wildman–Crippen LogP) is 1.91. The van der Waals surface area contributed by atoms with Crippen LogP contribution in [0.1, 0.15) is 18.4 Å². The molecule has 16 heavy (non-hydrogen) atoms. The highest BCUT2D eigenvalue weighted by atomic mass is 16.7. The summed E-state index contributed by atoms with van der Waals surface area (Å²) in [5.74, 6) is 0.201. The lowest BCUT2D eigenvalue weighted by atomic mass is 9.62. The van der Waals surface area contributed by atoms with Gasteiger partial charge in [0.05, 0.1) is 0 Å².